The fraction of sp³-hybridized carbons (Fsp3) is 0.263. The Morgan fingerprint density at radius 1 is 0.962 bits per heavy atom. The molecule has 0 fully saturated rings. The van der Waals surface area contributed by atoms with Crippen LogP contribution >= 0.6 is 0 Å². The molecule has 0 spiro atoms. The molecule has 2 amide bonds. The third-order valence-electron chi connectivity index (χ3n) is 3.61. The third-order valence-corrected chi connectivity index (χ3v) is 3.61. The Hall–Kier alpha value is -3.06. The number of carbonyl (C=O) groups excluding carboxylic acids is 1. The van der Waals surface area contributed by atoms with Gasteiger partial charge < -0.3 is 25.2 Å². The van der Waals surface area contributed by atoms with Crippen molar-refractivity contribution < 1.29 is 24.2 Å². The molecule has 3 N–H and O–H groups in total. The Balaban J connectivity index is 1.59. The SMILES string of the molecule is COc1ccc(COCCNC(=O)NCc2ccc(C(=O)O)cc2)cc1. The van der Waals surface area contributed by atoms with E-state index in [1.165, 1.54) is 12.1 Å². The van der Waals surface area contributed by atoms with Gasteiger partial charge in [-0.25, -0.2) is 9.59 Å². The molecule has 0 aliphatic heterocycles. The number of urea groups is 1. The maximum absolute atomic E-state index is 11.7. The van der Waals surface area contributed by atoms with E-state index in [0.29, 0.717) is 26.3 Å². The van der Waals surface area contributed by atoms with Crippen LogP contribution in [-0.4, -0.2) is 37.4 Å². The standard InChI is InChI=1S/C19H22N2O5/c1-25-17-8-4-15(5-9-17)13-26-11-10-20-19(24)21-12-14-2-6-16(7-3-14)18(22)23/h2-9H,10-13H2,1H3,(H,22,23)(H2,20,21,24). The lowest BCUT2D eigenvalue weighted by Gasteiger charge is -2.09. The van der Waals surface area contributed by atoms with Crippen molar-refractivity contribution in [3.63, 3.8) is 0 Å². The van der Waals surface area contributed by atoms with Gasteiger partial charge in [-0.05, 0) is 35.4 Å². The molecule has 0 aromatic heterocycles. The van der Waals surface area contributed by atoms with Gasteiger partial charge in [-0.2, -0.15) is 0 Å². The second-order valence-electron chi connectivity index (χ2n) is 5.51. The fourth-order valence-electron chi connectivity index (χ4n) is 2.16. The Labute approximate surface area is 151 Å². The number of amides is 2. The lowest BCUT2D eigenvalue weighted by molar-refractivity contribution is 0.0697. The van der Waals surface area contributed by atoms with E-state index in [1.807, 2.05) is 24.3 Å². The van der Waals surface area contributed by atoms with Crippen LogP contribution in [0.3, 0.4) is 0 Å². The lowest BCUT2D eigenvalue weighted by Crippen LogP contribution is -2.36. The summed E-state index contributed by atoms with van der Waals surface area (Å²) < 4.78 is 10.6. The van der Waals surface area contributed by atoms with E-state index in [4.69, 9.17) is 14.6 Å². The molecule has 138 valence electrons. The van der Waals surface area contributed by atoms with Gasteiger partial charge >= 0.3 is 12.0 Å². The second-order valence-corrected chi connectivity index (χ2v) is 5.51. The number of rotatable bonds is 9. The van der Waals surface area contributed by atoms with Crippen molar-refractivity contribution in [2.24, 2.45) is 0 Å². The molecule has 0 atom stereocenters. The molecule has 2 rings (SSSR count). The molecule has 0 saturated carbocycles. The highest BCUT2D eigenvalue weighted by Crippen LogP contribution is 2.11. The van der Waals surface area contributed by atoms with Crippen molar-refractivity contribution in [1.82, 2.24) is 10.6 Å². The molecule has 0 aliphatic carbocycles. The van der Waals surface area contributed by atoms with E-state index in [0.717, 1.165) is 16.9 Å². The number of carbonyl (C=O) groups is 2. The molecule has 0 bridgehead atoms. The zero-order valence-corrected chi connectivity index (χ0v) is 14.5. The number of nitrogens with one attached hydrogen (secondary N) is 2. The molecule has 26 heavy (non-hydrogen) atoms. The zero-order valence-electron chi connectivity index (χ0n) is 14.5. The molecule has 0 unspecified atom stereocenters. The summed E-state index contributed by atoms with van der Waals surface area (Å²) in [6.45, 7) is 1.56. The van der Waals surface area contributed by atoms with Crippen molar-refractivity contribution in [2.45, 2.75) is 13.2 Å². The molecule has 7 heteroatoms. The summed E-state index contributed by atoms with van der Waals surface area (Å²) in [7, 11) is 1.62. The van der Waals surface area contributed by atoms with Crippen LogP contribution in [0.1, 0.15) is 21.5 Å². The van der Waals surface area contributed by atoms with Gasteiger partial charge in [0, 0.05) is 13.1 Å². The van der Waals surface area contributed by atoms with Gasteiger partial charge in [-0.3, -0.25) is 0 Å². The highest BCUT2D eigenvalue weighted by Gasteiger charge is 2.03. The van der Waals surface area contributed by atoms with Gasteiger partial charge in [0.25, 0.3) is 0 Å². The highest BCUT2D eigenvalue weighted by atomic mass is 16.5. The Morgan fingerprint density at radius 3 is 2.23 bits per heavy atom. The van der Waals surface area contributed by atoms with E-state index in [2.05, 4.69) is 10.6 Å². The van der Waals surface area contributed by atoms with Crippen molar-refractivity contribution in [2.75, 3.05) is 20.3 Å². The average molecular weight is 358 g/mol. The molecular formula is C19H22N2O5. The summed E-state index contributed by atoms with van der Waals surface area (Å²) in [6.07, 6.45) is 0. The van der Waals surface area contributed by atoms with Crippen molar-refractivity contribution in [1.29, 1.82) is 0 Å². The van der Waals surface area contributed by atoms with Crippen LogP contribution in [0.2, 0.25) is 0 Å². The first kappa shape index (κ1) is 19.3. The predicted molar refractivity (Wildman–Crippen MR) is 96.3 cm³/mol. The number of carboxylic acids is 1. The highest BCUT2D eigenvalue weighted by molar-refractivity contribution is 5.87. The first-order chi connectivity index (χ1) is 12.6. The molecule has 0 aliphatic rings. The minimum Gasteiger partial charge on any atom is -0.497 e. The smallest absolute Gasteiger partial charge is 0.335 e. The maximum atomic E-state index is 11.7. The summed E-state index contributed by atoms with van der Waals surface area (Å²) in [5.41, 5.74) is 2.06. The number of hydrogen-bond donors (Lipinski definition) is 3. The molecule has 0 heterocycles. The summed E-state index contributed by atoms with van der Waals surface area (Å²) in [6, 6.07) is 13.6. The van der Waals surface area contributed by atoms with Crippen LogP contribution in [0.25, 0.3) is 0 Å². The fourth-order valence-corrected chi connectivity index (χ4v) is 2.16. The third kappa shape index (κ3) is 6.45. The van der Waals surface area contributed by atoms with Gasteiger partial charge in [0.2, 0.25) is 0 Å². The second kappa shape index (κ2) is 10.0. The number of carboxylic acid groups (broad SMARTS) is 1. The Morgan fingerprint density at radius 2 is 1.62 bits per heavy atom. The van der Waals surface area contributed by atoms with Gasteiger partial charge in [-0.15, -0.1) is 0 Å². The number of ether oxygens (including phenoxy) is 2. The first-order valence-electron chi connectivity index (χ1n) is 8.13. The maximum Gasteiger partial charge on any atom is 0.335 e. The number of hydrogen-bond acceptors (Lipinski definition) is 4. The molecule has 2 aromatic rings. The van der Waals surface area contributed by atoms with Crippen LogP contribution in [0.5, 0.6) is 5.75 Å². The number of aromatic carboxylic acids is 1. The van der Waals surface area contributed by atoms with Crippen LogP contribution in [-0.2, 0) is 17.9 Å². The molecular weight excluding hydrogens is 336 g/mol. The van der Waals surface area contributed by atoms with Gasteiger partial charge in [-0.1, -0.05) is 24.3 Å². The van der Waals surface area contributed by atoms with E-state index in [9.17, 15) is 9.59 Å². The Kier molecular flexibility index (Phi) is 7.45. The van der Waals surface area contributed by atoms with E-state index >= 15 is 0 Å². The van der Waals surface area contributed by atoms with Crippen LogP contribution in [0.15, 0.2) is 48.5 Å². The first-order valence-corrected chi connectivity index (χ1v) is 8.13. The monoisotopic (exact) mass is 358 g/mol. The van der Waals surface area contributed by atoms with Crippen LogP contribution in [0, 0.1) is 0 Å². The number of methoxy groups -OCH3 is 1. The van der Waals surface area contributed by atoms with Gasteiger partial charge in [0.15, 0.2) is 0 Å². The average Bonchev–Trinajstić information content (AvgIpc) is 2.67. The molecule has 0 saturated heterocycles. The van der Waals surface area contributed by atoms with Crippen LogP contribution < -0.4 is 15.4 Å². The normalized spacial score (nSPS) is 10.2. The topological polar surface area (TPSA) is 96.9 Å². The van der Waals surface area contributed by atoms with E-state index in [1.54, 1.807) is 19.2 Å². The molecule has 7 nitrogen and oxygen atoms in total. The number of benzene rings is 2. The van der Waals surface area contributed by atoms with Crippen molar-refractivity contribution in [3.8, 4) is 5.75 Å². The van der Waals surface area contributed by atoms with E-state index in [-0.39, 0.29) is 11.6 Å². The summed E-state index contributed by atoms with van der Waals surface area (Å²) in [5.74, 6) is -0.179. The van der Waals surface area contributed by atoms with Gasteiger partial charge in [0.1, 0.15) is 5.75 Å². The van der Waals surface area contributed by atoms with Crippen molar-refractivity contribution in [3.05, 3.63) is 65.2 Å². The minimum absolute atomic E-state index is 0.215. The summed E-state index contributed by atoms with van der Waals surface area (Å²) in [4.78, 5) is 22.5. The predicted octanol–water partition coefficient (Wildman–Crippen LogP) is 2.41. The van der Waals surface area contributed by atoms with Crippen LogP contribution in [0.4, 0.5) is 4.79 Å². The molecule has 2 aromatic carbocycles. The zero-order chi connectivity index (χ0) is 18.8. The largest absolute Gasteiger partial charge is 0.497 e. The quantitative estimate of drug-likeness (QED) is 0.598. The lowest BCUT2D eigenvalue weighted by atomic mass is 10.1. The minimum atomic E-state index is -0.975. The van der Waals surface area contributed by atoms with Crippen molar-refractivity contribution >= 4 is 12.0 Å². The summed E-state index contributed by atoms with van der Waals surface area (Å²) in [5, 5.41) is 14.2. The van der Waals surface area contributed by atoms with Gasteiger partial charge in [0.05, 0.1) is 25.9 Å². The Bertz CT molecular complexity index is 714. The van der Waals surface area contributed by atoms with E-state index < -0.39 is 5.97 Å². The molecule has 0 radical (unpaired) electrons. The summed E-state index contributed by atoms with van der Waals surface area (Å²) >= 11 is 0.